The van der Waals surface area contributed by atoms with Crippen molar-refractivity contribution in [3.05, 3.63) is 23.8 Å². The molecule has 2 heterocycles. The van der Waals surface area contributed by atoms with Gasteiger partial charge >= 0.3 is 64.2 Å². The Kier molecular flexibility index (Phi) is 18.3. The Morgan fingerprint density at radius 1 is 1.17 bits per heavy atom. The molecule has 2 aliphatic heterocycles. The number of hydrogen-bond acceptors (Lipinski definition) is 9. The molecule has 0 aromatic rings. The van der Waals surface area contributed by atoms with Gasteiger partial charge < -0.3 is 34.1 Å². The van der Waals surface area contributed by atoms with Crippen molar-refractivity contribution in [1.82, 2.24) is 4.90 Å². The van der Waals surface area contributed by atoms with E-state index in [0.29, 0.717) is 25.7 Å². The number of aliphatic hydroxyl groups excluding tert-OH is 1. The number of aliphatic hydroxyl groups is 1. The van der Waals surface area contributed by atoms with Gasteiger partial charge in [0.15, 0.2) is 12.1 Å². The largest absolute Gasteiger partial charge is 1.00 e. The monoisotopic (exact) mass is 649 g/mol. The first-order chi connectivity index (χ1) is 18.9. The first-order valence-electron chi connectivity index (χ1n) is 14.7. The Labute approximate surface area is 295 Å². The van der Waals surface area contributed by atoms with Crippen LogP contribution in [0.15, 0.2) is 23.8 Å². The number of aldehydes is 1. The summed E-state index contributed by atoms with van der Waals surface area (Å²) in [6, 6.07) is -0.170. The molecule has 4 unspecified atom stereocenters. The minimum atomic E-state index is -0.920. The summed E-state index contributed by atoms with van der Waals surface area (Å²) in [6.07, 6.45) is 4.90. The number of nitrogens with zero attached hydrogens (tertiary/aromatic N) is 1. The third kappa shape index (κ3) is 12.1. The fourth-order valence-corrected chi connectivity index (χ4v) is 5.82. The van der Waals surface area contributed by atoms with Gasteiger partial charge in [-0.2, -0.15) is 0 Å². The molecule has 2 rings (SSSR count). The molecule has 228 valence electrons. The Morgan fingerprint density at radius 2 is 1.85 bits per heavy atom. The molecule has 0 aromatic carbocycles. The van der Waals surface area contributed by atoms with Gasteiger partial charge in [-0.05, 0) is 77.5 Å². The zero-order valence-corrected chi connectivity index (χ0v) is 31.2. The van der Waals surface area contributed by atoms with Crippen molar-refractivity contribution in [3.8, 4) is 0 Å². The molecule has 1 N–H and O–H groups in total. The van der Waals surface area contributed by atoms with Gasteiger partial charge in [0.2, 0.25) is 0 Å². The summed E-state index contributed by atoms with van der Waals surface area (Å²) in [6.45, 7) is 8.96. The molecule has 0 radical (unpaired) electrons. The van der Waals surface area contributed by atoms with Crippen LogP contribution in [0.5, 0.6) is 0 Å². The van der Waals surface area contributed by atoms with Crippen molar-refractivity contribution in [3.63, 3.8) is 0 Å². The molecular weight excluding hydrogens is 600 g/mol. The average Bonchev–Trinajstić information content (AvgIpc) is 2.91. The molecule has 10 heteroatoms. The fourth-order valence-electron chi connectivity index (χ4n) is 5.82. The van der Waals surface area contributed by atoms with Crippen LogP contribution in [0.2, 0.25) is 0 Å². The van der Waals surface area contributed by atoms with Crippen molar-refractivity contribution in [2.24, 2.45) is 23.7 Å². The third-order valence-electron chi connectivity index (χ3n) is 8.28. The van der Waals surface area contributed by atoms with E-state index in [1.807, 2.05) is 53.6 Å². The van der Waals surface area contributed by atoms with Crippen molar-refractivity contribution in [2.75, 3.05) is 20.7 Å². The minimum Gasteiger partial charge on any atom is -0.854 e. The molecule has 0 aliphatic carbocycles. The molecular formula is C31H50NO8Rb. The summed E-state index contributed by atoms with van der Waals surface area (Å²) < 4.78 is 18.3. The summed E-state index contributed by atoms with van der Waals surface area (Å²) >= 11 is 0. The topological polar surface area (TPSA) is 125 Å². The van der Waals surface area contributed by atoms with Crippen LogP contribution < -0.4 is 63.3 Å². The predicted octanol–water partition coefficient (Wildman–Crippen LogP) is -0.167. The zero-order valence-electron chi connectivity index (χ0n) is 26.3. The van der Waals surface area contributed by atoms with Crippen LogP contribution in [0.25, 0.3) is 0 Å². The summed E-state index contributed by atoms with van der Waals surface area (Å²) in [5.74, 6) is -1.92. The molecule has 0 spiro atoms. The van der Waals surface area contributed by atoms with Gasteiger partial charge in [-0.15, -0.1) is 6.61 Å². The molecule has 1 saturated heterocycles. The number of rotatable bonds is 7. The van der Waals surface area contributed by atoms with E-state index in [2.05, 4.69) is 0 Å². The van der Waals surface area contributed by atoms with E-state index in [9.17, 15) is 24.6 Å². The molecule has 9 nitrogen and oxygen atoms in total. The van der Waals surface area contributed by atoms with Crippen molar-refractivity contribution in [1.29, 1.82) is 0 Å². The van der Waals surface area contributed by atoms with Crippen molar-refractivity contribution < 1.29 is 97.0 Å². The van der Waals surface area contributed by atoms with Gasteiger partial charge in [-0.25, -0.2) is 0 Å². The number of esters is 1. The molecule has 0 bridgehead atoms. The second-order valence-electron chi connectivity index (χ2n) is 11.9. The number of hydrogen-bond donors (Lipinski definition) is 1. The Bertz CT molecular complexity index is 893. The van der Waals surface area contributed by atoms with E-state index >= 15 is 0 Å². The van der Waals surface area contributed by atoms with Crippen LogP contribution in [0, 0.1) is 23.7 Å². The smallest absolute Gasteiger partial charge is 0.854 e. The molecule has 1 fully saturated rings. The maximum absolute atomic E-state index is 13.1. The van der Waals surface area contributed by atoms with Crippen LogP contribution in [0.1, 0.15) is 73.1 Å². The Hall–Kier alpha value is -0.105. The van der Waals surface area contributed by atoms with E-state index in [1.165, 1.54) is 6.08 Å². The van der Waals surface area contributed by atoms with Crippen LogP contribution in [0.3, 0.4) is 0 Å². The number of ketones is 1. The molecule has 0 aromatic heterocycles. The SMILES string of the molecule is CC[C@H]1OC(=O)CC[C@H](C)[C@@H](OC2OC(C)CC(N(C)C)C2O)[C@@H](CC=O)C[C@@H](C)C(=O)/C=C/C(C)=C/[C@@H]1C[O-].[Rb+]. The van der Waals surface area contributed by atoms with Crippen LogP contribution >= 0.6 is 0 Å². The summed E-state index contributed by atoms with van der Waals surface area (Å²) in [4.78, 5) is 39.7. The van der Waals surface area contributed by atoms with Crippen LogP contribution in [0.4, 0.5) is 0 Å². The van der Waals surface area contributed by atoms with Gasteiger partial charge in [-0.3, -0.25) is 9.59 Å². The van der Waals surface area contributed by atoms with E-state index < -0.39 is 49.0 Å². The van der Waals surface area contributed by atoms with Gasteiger partial charge in [-0.1, -0.05) is 38.5 Å². The van der Waals surface area contributed by atoms with Gasteiger partial charge in [0, 0.05) is 24.8 Å². The first-order valence-corrected chi connectivity index (χ1v) is 14.7. The van der Waals surface area contributed by atoms with Gasteiger partial charge in [0.1, 0.15) is 18.5 Å². The molecule has 0 amide bonds. The third-order valence-corrected chi connectivity index (χ3v) is 8.28. The minimum absolute atomic E-state index is 0. The van der Waals surface area contributed by atoms with E-state index in [4.69, 9.17) is 14.2 Å². The number of carbonyl (C=O) groups excluding carboxylic acids is 3. The van der Waals surface area contributed by atoms with Crippen LogP contribution in [-0.2, 0) is 28.6 Å². The zero-order chi connectivity index (χ0) is 30.0. The fraction of sp³-hybridized carbons (Fsp3) is 0.774. The number of carbonyl (C=O) groups is 3. The average molecular weight is 650 g/mol. The molecule has 10 atom stereocenters. The van der Waals surface area contributed by atoms with Gasteiger partial charge in [0.05, 0.1) is 12.2 Å². The van der Waals surface area contributed by atoms with Crippen LogP contribution in [-0.4, -0.2) is 85.5 Å². The Morgan fingerprint density at radius 3 is 2.44 bits per heavy atom. The first kappa shape index (κ1) is 38.9. The maximum atomic E-state index is 13.1. The van der Waals surface area contributed by atoms with Crippen molar-refractivity contribution >= 4 is 18.0 Å². The number of ether oxygens (including phenoxy) is 3. The van der Waals surface area contributed by atoms with Gasteiger partial charge in [0.25, 0.3) is 0 Å². The quantitative estimate of drug-likeness (QED) is 0.296. The van der Waals surface area contributed by atoms with E-state index in [-0.39, 0.29) is 101 Å². The summed E-state index contributed by atoms with van der Waals surface area (Å²) in [5, 5.41) is 23.1. The van der Waals surface area contributed by atoms with E-state index in [1.54, 1.807) is 12.2 Å². The second-order valence-corrected chi connectivity index (χ2v) is 11.9. The number of likely N-dealkylation sites (N-methyl/N-ethyl adjacent to an activating group) is 1. The molecule has 0 saturated carbocycles. The normalized spacial score (nSPS) is 38.3. The van der Waals surface area contributed by atoms with Crippen molar-refractivity contribution in [2.45, 2.75) is 110 Å². The maximum Gasteiger partial charge on any atom is 1.00 e. The number of cyclic esters (lactones) is 1. The second kappa shape index (κ2) is 19.3. The Balaban J connectivity index is 0.00000840. The molecule has 2 aliphatic rings. The predicted molar refractivity (Wildman–Crippen MR) is 150 cm³/mol. The number of allylic oxidation sites excluding steroid dienone is 3. The standard InChI is InChI=1S/C31H50NO8.Rb/c1-8-27-24(18-34)15-19(2)9-11-26(35)21(4)16-23(13-14-33)30(20(3)10-12-28(36)39-27)40-31-29(37)25(32(6)7)17-22(5)38-31;/h9,11,14-15,20-25,27,29-31,37H,8,10,12-13,16-18H2,1-7H3;/q-1;+1/b11-9+,19-15+;/t20-,21+,22?,23-,24+,25?,27+,29?,30+,31?;/m0./s1. The van der Waals surface area contributed by atoms with E-state index in [0.717, 1.165) is 11.9 Å². The summed E-state index contributed by atoms with van der Waals surface area (Å²) in [5.41, 5.74) is 0.746. The summed E-state index contributed by atoms with van der Waals surface area (Å²) in [7, 11) is 3.80. The molecule has 41 heavy (non-hydrogen) atoms.